The molecule has 0 aromatic carbocycles. The first kappa shape index (κ1) is 13.1. The molecule has 1 atom stereocenters. The molecule has 4 nitrogen and oxygen atoms in total. The van der Waals surface area contributed by atoms with E-state index in [1.807, 2.05) is 19.1 Å². The first-order chi connectivity index (χ1) is 7.63. The Balaban J connectivity index is 2.51. The quantitative estimate of drug-likeness (QED) is 0.741. The van der Waals surface area contributed by atoms with E-state index in [0.717, 1.165) is 0 Å². The van der Waals surface area contributed by atoms with E-state index in [1.165, 1.54) is 0 Å². The molecule has 1 heterocycles. The molecule has 1 unspecified atom stereocenters. The molecule has 0 fully saturated rings. The van der Waals surface area contributed by atoms with Gasteiger partial charge in [-0.2, -0.15) is 0 Å². The van der Waals surface area contributed by atoms with Crippen LogP contribution in [-0.2, 0) is 10.8 Å². The molecule has 0 saturated carbocycles. The van der Waals surface area contributed by atoms with Gasteiger partial charge in [-0.05, 0) is 12.1 Å². The monoisotopic (exact) mass is 257 g/mol. The Morgan fingerprint density at radius 2 is 2.38 bits per heavy atom. The molecular formula is C10H15N3OS2. The van der Waals surface area contributed by atoms with Crippen LogP contribution in [0.4, 0.5) is 5.82 Å². The van der Waals surface area contributed by atoms with Gasteiger partial charge in [0.15, 0.2) is 0 Å². The lowest BCUT2D eigenvalue weighted by Gasteiger charge is -2.06. The maximum Gasteiger partial charge on any atom is 0.126 e. The first-order valence-electron chi connectivity index (χ1n) is 4.99. The number of hydrogen-bond donors (Lipinski definition) is 2. The fraction of sp³-hybridized carbons (Fsp3) is 0.400. The van der Waals surface area contributed by atoms with Gasteiger partial charge < -0.3 is 11.1 Å². The third-order valence-electron chi connectivity index (χ3n) is 1.96. The fourth-order valence-corrected chi connectivity index (χ4v) is 1.84. The van der Waals surface area contributed by atoms with E-state index >= 15 is 0 Å². The van der Waals surface area contributed by atoms with Crippen LogP contribution in [0.5, 0.6) is 0 Å². The van der Waals surface area contributed by atoms with Crippen LogP contribution in [0.3, 0.4) is 0 Å². The summed E-state index contributed by atoms with van der Waals surface area (Å²) in [6.45, 7) is 2.54. The molecule has 88 valence electrons. The largest absolute Gasteiger partial charge is 0.388 e. The van der Waals surface area contributed by atoms with Gasteiger partial charge in [0, 0.05) is 28.9 Å². The van der Waals surface area contributed by atoms with E-state index in [0.29, 0.717) is 29.6 Å². The Labute approximate surface area is 103 Å². The Hall–Kier alpha value is -1.01. The van der Waals surface area contributed by atoms with Crippen molar-refractivity contribution in [3.05, 3.63) is 23.9 Å². The van der Waals surface area contributed by atoms with E-state index < -0.39 is 10.8 Å². The maximum atomic E-state index is 11.2. The van der Waals surface area contributed by atoms with E-state index in [1.54, 1.807) is 6.07 Å². The van der Waals surface area contributed by atoms with Crippen molar-refractivity contribution in [3.63, 3.8) is 0 Å². The topological polar surface area (TPSA) is 68.0 Å². The van der Waals surface area contributed by atoms with Crippen molar-refractivity contribution in [1.82, 2.24) is 4.98 Å². The molecule has 0 aliphatic rings. The van der Waals surface area contributed by atoms with Crippen LogP contribution in [0, 0.1) is 0 Å². The minimum Gasteiger partial charge on any atom is -0.388 e. The highest BCUT2D eigenvalue weighted by molar-refractivity contribution is 7.84. The van der Waals surface area contributed by atoms with Crippen molar-refractivity contribution in [2.45, 2.75) is 6.92 Å². The summed E-state index contributed by atoms with van der Waals surface area (Å²) in [7, 11) is -0.756. The lowest BCUT2D eigenvalue weighted by Crippen LogP contribution is -2.15. The average molecular weight is 257 g/mol. The molecule has 0 aliphatic carbocycles. The van der Waals surface area contributed by atoms with Crippen molar-refractivity contribution in [1.29, 1.82) is 0 Å². The van der Waals surface area contributed by atoms with E-state index in [4.69, 9.17) is 18.0 Å². The van der Waals surface area contributed by atoms with Crippen LogP contribution in [-0.4, -0.2) is 32.2 Å². The molecule has 0 saturated heterocycles. The smallest absolute Gasteiger partial charge is 0.126 e. The Bertz CT molecular complexity index is 395. The molecule has 3 N–H and O–H groups in total. The number of rotatable bonds is 6. The second-order valence-electron chi connectivity index (χ2n) is 3.13. The summed E-state index contributed by atoms with van der Waals surface area (Å²) in [5.74, 6) is 2.01. The van der Waals surface area contributed by atoms with Gasteiger partial charge in [-0.1, -0.05) is 25.2 Å². The van der Waals surface area contributed by atoms with E-state index in [2.05, 4.69) is 10.3 Å². The zero-order chi connectivity index (χ0) is 12.0. The number of nitrogens with one attached hydrogen (secondary N) is 1. The molecule has 0 spiro atoms. The first-order valence-corrected chi connectivity index (χ1v) is 6.88. The van der Waals surface area contributed by atoms with Gasteiger partial charge in [0.1, 0.15) is 10.8 Å². The highest BCUT2D eigenvalue weighted by atomic mass is 32.2. The predicted octanol–water partition coefficient (Wildman–Crippen LogP) is 0.896. The average Bonchev–Trinajstić information content (AvgIpc) is 2.29. The van der Waals surface area contributed by atoms with Crippen molar-refractivity contribution in [2.24, 2.45) is 5.73 Å². The molecule has 16 heavy (non-hydrogen) atoms. The molecule has 6 heteroatoms. The highest BCUT2D eigenvalue weighted by Gasteiger charge is 2.00. The maximum absolute atomic E-state index is 11.2. The summed E-state index contributed by atoms with van der Waals surface area (Å²) >= 11 is 4.83. The minimum absolute atomic E-state index is 0.279. The van der Waals surface area contributed by atoms with Gasteiger partial charge in [0.25, 0.3) is 0 Å². The van der Waals surface area contributed by atoms with Crippen LogP contribution < -0.4 is 11.1 Å². The number of aromatic nitrogens is 1. The number of thiocarbonyl (C=S) groups is 1. The van der Waals surface area contributed by atoms with Crippen molar-refractivity contribution in [2.75, 3.05) is 23.4 Å². The summed E-state index contributed by atoms with van der Waals surface area (Å²) < 4.78 is 11.2. The van der Waals surface area contributed by atoms with Gasteiger partial charge in [0.05, 0.1) is 5.69 Å². The lowest BCUT2D eigenvalue weighted by molar-refractivity contribution is 0.684. The second kappa shape index (κ2) is 6.55. The zero-order valence-corrected chi connectivity index (χ0v) is 10.7. The molecule has 1 rings (SSSR count). The third-order valence-corrected chi connectivity index (χ3v) is 3.47. The van der Waals surface area contributed by atoms with Crippen molar-refractivity contribution in [3.8, 4) is 0 Å². The van der Waals surface area contributed by atoms with E-state index in [9.17, 15) is 4.21 Å². The minimum atomic E-state index is -0.756. The highest BCUT2D eigenvalue weighted by Crippen LogP contribution is 2.04. The SMILES string of the molecule is CCS(=O)CCNc1cccc(C(N)=S)n1. The van der Waals surface area contributed by atoms with E-state index in [-0.39, 0.29) is 4.99 Å². The summed E-state index contributed by atoms with van der Waals surface area (Å²) in [6, 6.07) is 5.43. The van der Waals surface area contributed by atoms with Crippen LogP contribution in [0.1, 0.15) is 12.6 Å². The van der Waals surface area contributed by atoms with Gasteiger partial charge >= 0.3 is 0 Å². The summed E-state index contributed by atoms with van der Waals surface area (Å²) in [4.78, 5) is 4.50. The number of anilines is 1. The van der Waals surface area contributed by atoms with Crippen LogP contribution >= 0.6 is 12.2 Å². The summed E-state index contributed by atoms with van der Waals surface area (Å²) in [6.07, 6.45) is 0. The fourth-order valence-electron chi connectivity index (χ4n) is 1.11. The predicted molar refractivity (Wildman–Crippen MR) is 72.2 cm³/mol. The second-order valence-corrected chi connectivity index (χ2v) is 5.44. The van der Waals surface area contributed by atoms with Crippen LogP contribution in [0.15, 0.2) is 18.2 Å². The molecule has 1 aromatic heterocycles. The molecule has 0 amide bonds. The molecular weight excluding hydrogens is 242 g/mol. The number of hydrogen-bond acceptors (Lipinski definition) is 4. The van der Waals surface area contributed by atoms with Gasteiger partial charge in [-0.25, -0.2) is 4.98 Å². The van der Waals surface area contributed by atoms with Gasteiger partial charge in [-0.15, -0.1) is 0 Å². The molecule has 0 bridgehead atoms. The zero-order valence-electron chi connectivity index (χ0n) is 9.10. The number of pyridine rings is 1. The third kappa shape index (κ3) is 4.24. The summed E-state index contributed by atoms with van der Waals surface area (Å²) in [5.41, 5.74) is 6.07. The molecule has 0 aliphatic heterocycles. The normalized spacial score (nSPS) is 12.1. The Kier molecular flexibility index (Phi) is 5.34. The number of nitrogens with two attached hydrogens (primary N) is 1. The van der Waals surface area contributed by atoms with Gasteiger partial charge in [0.2, 0.25) is 0 Å². The lowest BCUT2D eigenvalue weighted by atomic mass is 10.3. The summed E-state index contributed by atoms with van der Waals surface area (Å²) in [5, 5.41) is 3.09. The molecule has 1 aromatic rings. The number of nitrogens with zero attached hydrogens (tertiary/aromatic N) is 1. The Morgan fingerprint density at radius 1 is 1.62 bits per heavy atom. The van der Waals surface area contributed by atoms with Crippen molar-refractivity contribution >= 4 is 33.8 Å². The van der Waals surface area contributed by atoms with Crippen LogP contribution in [0.25, 0.3) is 0 Å². The Morgan fingerprint density at radius 3 is 3.00 bits per heavy atom. The molecule has 0 radical (unpaired) electrons. The van der Waals surface area contributed by atoms with Crippen molar-refractivity contribution < 1.29 is 4.21 Å². The van der Waals surface area contributed by atoms with Crippen LogP contribution in [0.2, 0.25) is 0 Å². The standard InChI is InChI=1S/C10H15N3OS2/c1-2-16(14)7-6-12-9-5-3-4-8(13-9)10(11)15/h3-5H,2,6-7H2,1H3,(H2,11,15)(H,12,13). The van der Waals surface area contributed by atoms with Gasteiger partial charge in [-0.3, -0.25) is 4.21 Å².